The van der Waals surface area contributed by atoms with Crippen molar-refractivity contribution in [3.8, 4) is 0 Å². The van der Waals surface area contributed by atoms with Crippen LogP contribution in [0.2, 0.25) is 0 Å². The molecule has 2 bridgehead atoms. The lowest BCUT2D eigenvalue weighted by molar-refractivity contribution is 0.0232. The van der Waals surface area contributed by atoms with Gasteiger partial charge in [0.25, 0.3) is 0 Å². The number of fused-ring (bicyclic) bond motifs is 2. The van der Waals surface area contributed by atoms with Crippen LogP contribution in [0.3, 0.4) is 0 Å². The van der Waals surface area contributed by atoms with Gasteiger partial charge in [0.15, 0.2) is 0 Å². The van der Waals surface area contributed by atoms with Crippen LogP contribution in [0.4, 0.5) is 0 Å². The summed E-state index contributed by atoms with van der Waals surface area (Å²) in [6, 6.07) is 2.50. The van der Waals surface area contributed by atoms with Crippen molar-refractivity contribution < 1.29 is 0 Å². The average Bonchev–Trinajstić information content (AvgIpc) is 2.43. The second kappa shape index (κ2) is 7.61. The van der Waals surface area contributed by atoms with E-state index in [2.05, 4.69) is 36.0 Å². The molecule has 0 aromatic carbocycles. The lowest BCUT2D eigenvalue weighted by Gasteiger charge is -2.49. The predicted molar refractivity (Wildman–Crippen MR) is 82.6 cm³/mol. The van der Waals surface area contributed by atoms with Gasteiger partial charge in [-0.15, -0.1) is 0 Å². The van der Waals surface area contributed by atoms with E-state index in [0.717, 1.165) is 18.1 Å². The largest absolute Gasteiger partial charge is 0.317 e. The first kappa shape index (κ1) is 15.3. The number of hydrogen-bond acceptors (Lipinski definition) is 3. The molecule has 2 atom stereocenters. The molecule has 0 radical (unpaired) electrons. The standard InChI is InChI=1S/C16H33N3/c1-4-18(5-2)10-7-11-19-15-8-6-9-16(19)13-14(12-15)17-3/h14-17H,4-13H2,1-3H3. The van der Waals surface area contributed by atoms with Crippen LogP contribution in [0, 0.1) is 0 Å². The van der Waals surface area contributed by atoms with Gasteiger partial charge in [-0.05, 0) is 65.3 Å². The van der Waals surface area contributed by atoms with Gasteiger partial charge in [0.1, 0.15) is 0 Å². The molecular formula is C16H33N3. The monoisotopic (exact) mass is 267 g/mol. The molecule has 112 valence electrons. The summed E-state index contributed by atoms with van der Waals surface area (Å²) < 4.78 is 0. The summed E-state index contributed by atoms with van der Waals surface area (Å²) in [5.74, 6) is 0. The van der Waals surface area contributed by atoms with Crippen LogP contribution in [-0.4, -0.2) is 61.2 Å². The molecule has 0 saturated carbocycles. The molecule has 3 nitrogen and oxygen atoms in total. The summed E-state index contributed by atoms with van der Waals surface area (Å²) in [5.41, 5.74) is 0. The van der Waals surface area contributed by atoms with Gasteiger partial charge >= 0.3 is 0 Å². The van der Waals surface area contributed by atoms with Crippen LogP contribution in [0.15, 0.2) is 0 Å². The molecule has 2 rings (SSSR count). The van der Waals surface area contributed by atoms with Gasteiger partial charge in [-0.25, -0.2) is 0 Å². The molecule has 1 N–H and O–H groups in total. The van der Waals surface area contributed by atoms with Crippen molar-refractivity contribution in [1.29, 1.82) is 0 Å². The van der Waals surface area contributed by atoms with Crippen LogP contribution < -0.4 is 5.32 Å². The Morgan fingerprint density at radius 2 is 1.74 bits per heavy atom. The summed E-state index contributed by atoms with van der Waals surface area (Å²) in [6.07, 6.45) is 8.41. The van der Waals surface area contributed by atoms with Crippen LogP contribution >= 0.6 is 0 Å². The van der Waals surface area contributed by atoms with Crippen molar-refractivity contribution >= 4 is 0 Å². The van der Waals surface area contributed by atoms with E-state index in [1.54, 1.807) is 0 Å². The van der Waals surface area contributed by atoms with E-state index in [1.165, 1.54) is 64.7 Å². The first-order chi connectivity index (χ1) is 9.28. The molecule has 0 aromatic rings. The van der Waals surface area contributed by atoms with Crippen LogP contribution in [0.1, 0.15) is 52.4 Å². The highest BCUT2D eigenvalue weighted by Gasteiger charge is 2.37. The van der Waals surface area contributed by atoms with Crippen molar-refractivity contribution in [3.63, 3.8) is 0 Å². The normalized spacial score (nSPS) is 31.9. The van der Waals surface area contributed by atoms with Gasteiger partial charge < -0.3 is 10.2 Å². The minimum absolute atomic E-state index is 0.773. The van der Waals surface area contributed by atoms with E-state index < -0.39 is 0 Å². The summed E-state index contributed by atoms with van der Waals surface area (Å²) in [7, 11) is 2.14. The lowest BCUT2D eigenvalue weighted by Crippen LogP contribution is -2.56. The van der Waals surface area contributed by atoms with Gasteiger partial charge in [-0.1, -0.05) is 20.3 Å². The van der Waals surface area contributed by atoms with E-state index in [9.17, 15) is 0 Å². The summed E-state index contributed by atoms with van der Waals surface area (Å²) >= 11 is 0. The van der Waals surface area contributed by atoms with Gasteiger partial charge in [-0.3, -0.25) is 4.90 Å². The Bertz CT molecular complexity index is 238. The molecular weight excluding hydrogens is 234 g/mol. The van der Waals surface area contributed by atoms with E-state index in [-0.39, 0.29) is 0 Å². The highest BCUT2D eigenvalue weighted by molar-refractivity contribution is 4.94. The summed E-state index contributed by atoms with van der Waals surface area (Å²) in [6.45, 7) is 9.55. The second-order valence-electron chi connectivity index (χ2n) is 6.31. The fourth-order valence-corrected chi connectivity index (χ4v) is 4.10. The molecule has 0 aromatic heterocycles. The topological polar surface area (TPSA) is 18.5 Å². The van der Waals surface area contributed by atoms with Crippen molar-refractivity contribution in [3.05, 3.63) is 0 Å². The predicted octanol–water partition coefficient (Wildman–Crippen LogP) is 2.32. The first-order valence-electron chi connectivity index (χ1n) is 8.43. The number of nitrogens with zero attached hydrogens (tertiary/aromatic N) is 2. The van der Waals surface area contributed by atoms with Crippen molar-refractivity contribution in [2.75, 3.05) is 33.2 Å². The maximum Gasteiger partial charge on any atom is 0.0113 e. The Morgan fingerprint density at radius 3 is 2.26 bits per heavy atom. The van der Waals surface area contributed by atoms with Crippen LogP contribution in [-0.2, 0) is 0 Å². The van der Waals surface area contributed by atoms with Crippen LogP contribution in [0.5, 0.6) is 0 Å². The van der Waals surface area contributed by atoms with Gasteiger partial charge in [-0.2, -0.15) is 0 Å². The minimum Gasteiger partial charge on any atom is -0.317 e. The number of piperidine rings is 2. The molecule has 0 aliphatic carbocycles. The molecule has 2 aliphatic rings. The first-order valence-corrected chi connectivity index (χ1v) is 8.43. The van der Waals surface area contributed by atoms with Gasteiger partial charge in [0.05, 0.1) is 0 Å². The number of nitrogens with one attached hydrogen (secondary N) is 1. The van der Waals surface area contributed by atoms with Gasteiger partial charge in [0, 0.05) is 18.1 Å². The summed E-state index contributed by atoms with van der Waals surface area (Å²) in [5, 5.41) is 3.51. The lowest BCUT2D eigenvalue weighted by atomic mass is 9.81. The maximum atomic E-state index is 3.51. The van der Waals surface area contributed by atoms with Crippen molar-refractivity contribution in [2.24, 2.45) is 0 Å². The molecule has 3 heteroatoms. The van der Waals surface area contributed by atoms with E-state index >= 15 is 0 Å². The third kappa shape index (κ3) is 3.93. The fraction of sp³-hybridized carbons (Fsp3) is 1.00. The van der Waals surface area contributed by atoms with Crippen molar-refractivity contribution in [2.45, 2.75) is 70.5 Å². The molecule has 0 spiro atoms. The fourth-order valence-electron chi connectivity index (χ4n) is 4.10. The Morgan fingerprint density at radius 1 is 1.11 bits per heavy atom. The molecule has 2 fully saturated rings. The summed E-state index contributed by atoms with van der Waals surface area (Å²) in [4.78, 5) is 5.40. The molecule has 2 aliphatic heterocycles. The van der Waals surface area contributed by atoms with Crippen molar-refractivity contribution in [1.82, 2.24) is 15.1 Å². The molecule has 19 heavy (non-hydrogen) atoms. The smallest absolute Gasteiger partial charge is 0.0113 e. The zero-order valence-electron chi connectivity index (χ0n) is 13.2. The third-order valence-electron chi connectivity index (χ3n) is 5.32. The van der Waals surface area contributed by atoms with Crippen LogP contribution in [0.25, 0.3) is 0 Å². The second-order valence-corrected chi connectivity index (χ2v) is 6.31. The molecule has 0 amide bonds. The average molecular weight is 267 g/mol. The molecule has 2 saturated heterocycles. The molecule has 2 unspecified atom stereocenters. The number of rotatable bonds is 7. The maximum absolute atomic E-state index is 3.51. The van der Waals surface area contributed by atoms with E-state index in [1.807, 2.05) is 0 Å². The Balaban J connectivity index is 1.79. The quantitative estimate of drug-likeness (QED) is 0.764. The zero-order chi connectivity index (χ0) is 13.7. The van der Waals surface area contributed by atoms with Gasteiger partial charge in [0.2, 0.25) is 0 Å². The Kier molecular flexibility index (Phi) is 6.11. The van der Waals surface area contributed by atoms with E-state index in [4.69, 9.17) is 0 Å². The highest BCUT2D eigenvalue weighted by Crippen LogP contribution is 2.33. The zero-order valence-corrected chi connectivity index (χ0v) is 13.2. The third-order valence-corrected chi connectivity index (χ3v) is 5.32. The Labute approximate surface area is 119 Å². The minimum atomic E-state index is 0.773. The molecule has 2 heterocycles. The number of hydrogen-bond donors (Lipinski definition) is 1. The Hall–Kier alpha value is -0.120. The SMILES string of the molecule is CCN(CC)CCCN1C2CCCC1CC(NC)C2. The van der Waals surface area contributed by atoms with E-state index in [0.29, 0.717) is 0 Å². The highest BCUT2D eigenvalue weighted by atomic mass is 15.2.